The van der Waals surface area contributed by atoms with Crippen LogP contribution >= 0.6 is 0 Å². The molecule has 6 nitrogen and oxygen atoms in total. The fourth-order valence-corrected chi connectivity index (χ4v) is 5.36. The van der Waals surface area contributed by atoms with Crippen molar-refractivity contribution in [1.82, 2.24) is 9.47 Å². The van der Waals surface area contributed by atoms with E-state index in [2.05, 4.69) is 0 Å². The molecule has 0 saturated carbocycles. The molecule has 0 bridgehead atoms. The first-order valence-corrected chi connectivity index (χ1v) is 13.1. The van der Waals surface area contributed by atoms with Crippen LogP contribution in [0.1, 0.15) is 46.1 Å². The third kappa shape index (κ3) is 5.45. The second-order valence-corrected chi connectivity index (χ2v) is 10.6. The van der Waals surface area contributed by atoms with Gasteiger partial charge in [-0.1, -0.05) is 36.8 Å². The van der Waals surface area contributed by atoms with Gasteiger partial charge < -0.3 is 10.1 Å². The number of rotatable bonds is 3. The van der Waals surface area contributed by atoms with Gasteiger partial charge in [0.25, 0.3) is 11.4 Å². The number of halogens is 6. The molecule has 5 rings (SSSR count). The lowest BCUT2D eigenvalue weighted by Crippen LogP contribution is -2.43. The van der Waals surface area contributed by atoms with Crippen LogP contribution in [0.2, 0.25) is 0 Å². The summed E-state index contributed by atoms with van der Waals surface area (Å²) in [7, 11) is 0. The highest BCUT2D eigenvalue weighted by Gasteiger charge is 2.38. The zero-order valence-corrected chi connectivity index (χ0v) is 22.5. The second-order valence-electron chi connectivity index (χ2n) is 10.6. The van der Waals surface area contributed by atoms with Gasteiger partial charge >= 0.3 is 17.9 Å². The van der Waals surface area contributed by atoms with Crippen LogP contribution in [0.15, 0.2) is 65.6 Å². The highest BCUT2D eigenvalue weighted by atomic mass is 19.4. The quantitative estimate of drug-likeness (QED) is 0.159. The van der Waals surface area contributed by atoms with Gasteiger partial charge in [0.05, 0.1) is 16.5 Å². The molecule has 1 atom stereocenters. The third-order valence-corrected chi connectivity index (χ3v) is 7.41. The molecule has 0 spiro atoms. The smallest absolute Gasteiger partial charge is 0.416 e. The van der Waals surface area contributed by atoms with Crippen molar-refractivity contribution in [2.75, 3.05) is 6.54 Å². The average molecular weight is 590 g/mol. The molecule has 220 valence electrons. The van der Waals surface area contributed by atoms with Crippen molar-refractivity contribution in [3.63, 3.8) is 0 Å². The molecular weight excluding hydrogens is 564 g/mol. The van der Waals surface area contributed by atoms with Crippen LogP contribution in [0.3, 0.4) is 0 Å². The summed E-state index contributed by atoms with van der Waals surface area (Å²) in [6.45, 7) is 3.16. The lowest BCUT2D eigenvalue weighted by atomic mass is 9.95. The Balaban J connectivity index is 1.74. The molecule has 0 saturated heterocycles. The van der Waals surface area contributed by atoms with Crippen molar-refractivity contribution < 1.29 is 35.9 Å². The van der Waals surface area contributed by atoms with E-state index in [1.807, 2.05) is 6.92 Å². The number of pyridine rings is 2. The molecule has 0 aliphatic carbocycles. The number of benzene rings is 2. The molecule has 2 aromatic heterocycles. The fraction of sp³-hybridized carbons (Fsp3) is 0.300. The molecule has 0 N–H and O–H groups in total. The maximum absolute atomic E-state index is 14.3. The summed E-state index contributed by atoms with van der Waals surface area (Å²) in [5.74, 6) is -1.01. The molecule has 3 heterocycles. The largest absolute Gasteiger partial charge is 0.618 e. The summed E-state index contributed by atoms with van der Waals surface area (Å²) in [5.41, 5.74) is -2.61. The molecule has 4 aromatic rings. The van der Waals surface area contributed by atoms with E-state index in [0.29, 0.717) is 28.8 Å². The minimum atomic E-state index is -5.05. The summed E-state index contributed by atoms with van der Waals surface area (Å²) >= 11 is 0. The average Bonchev–Trinajstić information content (AvgIpc) is 2.90. The van der Waals surface area contributed by atoms with Gasteiger partial charge in [0.1, 0.15) is 5.69 Å². The second kappa shape index (κ2) is 10.5. The number of fused-ring (bicyclic) bond motifs is 2. The Labute approximate surface area is 236 Å². The number of nitrogens with zero attached hydrogens (tertiary/aromatic N) is 3. The Morgan fingerprint density at radius 1 is 0.952 bits per heavy atom. The fourth-order valence-electron chi connectivity index (χ4n) is 5.36. The van der Waals surface area contributed by atoms with Gasteiger partial charge in [-0.05, 0) is 54.7 Å². The maximum atomic E-state index is 14.3. The number of carbonyl (C=O) groups excluding carboxylic acids is 1. The van der Waals surface area contributed by atoms with Crippen molar-refractivity contribution >= 4 is 16.8 Å². The monoisotopic (exact) mass is 589 g/mol. The van der Waals surface area contributed by atoms with Gasteiger partial charge in [0.2, 0.25) is 0 Å². The van der Waals surface area contributed by atoms with E-state index in [1.165, 1.54) is 27.8 Å². The van der Waals surface area contributed by atoms with Crippen molar-refractivity contribution in [3.05, 3.63) is 104 Å². The first-order valence-electron chi connectivity index (χ1n) is 13.1. The van der Waals surface area contributed by atoms with Crippen LogP contribution in [0.25, 0.3) is 22.0 Å². The predicted octanol–water partition coefficient (Wildman–Crippen LogP) is 6.33. The normalized spacial score (nSPS) is 16.3. The highest BCUT2D eigenvalue weighted by Crippen LogP contribution is 2.37. The Hall–Kier alpha value is -4.35. The minimum Gasteiger partial charge on any atom is -0.618 e. The number of aryl methyl sites for hydroxylation is 1. The molecule has 0 fully saturated rings. The minimum absolute atomic E-state index is 0.0202. The standard InChI is InChI=1S/C30H25F6N3O3/c1-17-5-7-20(8-6-17)24-23-4-3-10-39(42)25(23)28(41)38-11-9-18(2)15-37(27(40)26(24)38)16-19-12-21(29(31,32)33)14-22(13-19)30(34,35)36/h3-8,10,12-14,18H,9,11,15-16H2,1-2H3/t18-/m1/s1. The van der Waals surface area contributed by atoms with Gasteiger partial charge in [0.15, 0.2) is 6.20 Å². The van der Waals surface area contributed by atoms with E-state index in [4.69, 9.17) is 0 Å². The van der Waals surface area contributed by atoms with E-state index < -0.39 is 41.5 Å². The molecule has 12 heteroatoms. The molecule has 1 aliphatic heterocycles. The molecule has 2 aromatic carbocycles. The third-order valence-electron chi connectivity index (χ3n) is 7.41. The zero-order valence-electron chi connectivity index (χ0n) is 22.5. The number of amides is 1. The van der Waals surface area contributed by atoms with Crippen molar-refractivity contribution in [1.29, 1.82) is 0 Å². The summed E-state index contributed by atoms with van der Waals surface area (Å²) in [5, 5.41) is 13.0. The van der Waals surface area contributed by atoms with Gasteiger partial charge in [-0.25, -0.2) is 0 Å². The van der Waals surface area contributed by atoms with Gasteiger partial charge in [-0.15, -0.1) is 0 Å². The Bertz CT molecular complexity index is 1710. The molecule has 1 amide bonds. The van der Waals surface area contributed by atoms with E-state index in [9.17, 15) is 41.1 Å². The highest BCUT2D eigenvalue weighted by molar-refractivity contribution is 6.07. The summed E-state index contributed by atoms with van der Waals surface area (Å²) in [6, 6.07) is 11.2. The van der Waals surface area contributed by atoms with Crippen LogP contribution in [-0.4, -0.2) is 21.9 Å². The summed E-state index contributed by atoms with van der Waals surface area (Å²) < 4.78 is 82.9. The van der Waals surface area contributed by atoms with Crippen molar-refractivity contribution in [3.8, 4) is 11.1 Å². The SMILES string of the molecule is Cc1ccc(-c2c3n(c(=O)c4c2ccc[n+]4[O-])CC[C@@H](C)CN(Cc2cc(C(F)(F)F)cc(C(F)(F)F)c2)C3=O)cc1. The number of aromatic nitrogens is 2. The van der Waals surface area contributed by atoms with E-state index in [0.717, 1.165) is 5.56 Å². The lowest BCUT2D eigenvalue weighted by Gasteiger charge is -2.32. The van der Waals surface area contributed by atoms with Crippen LogP contribution < -0.4 is 10.3 Å². The van der Waals surface area contributed by atoms with Crippen LogP contribution in [0, 0.1) is 18.0 Å². The van der Waals surface area contributed by atoms with Crippen LogP contribution in [0.5, 0.6) is 0 Å². The van der Waals surface area contributed by atoms with E-state index >= 15 is 0 Å². The molecular formula is C30H25F6N3O3. The maximum Gasteiger partial charge on any atom is 0.416 e. The zero-order chi connectivity index (χ0) is 30.6. The predicted molar refractivity (Wildman–Crippen MR) is 142 cm³/mol. The number of hydrogen-bond donors (Lipinski definition) is 0. The molecule has 1 aliphatic rings. The van der Waals surface area contributed by atoms with Crippen molar-refractivity contribution in [2.24, 2.45) is 5.92 Å². The van der Waals surface area contributed by atoms with Gasteiger partial charge in [-0.2, -0.15) is 31.1 Å². The first-order chi connectivity index (χ1) is 19.6. The Morgan fingerprint density at radius 2 is 1.57 bits per heavy atom. The van der Waals surface area contributed by atoms with E-state index in [1.54, 1.807) is 31.2 Å². The molecule has 42 heavy (non-hydrogen) atoms. The number of carbonyl (C=O) groups is 1. The Morgan fingerprint density at radius 3 is 2.17 bits per heavy atom. The van der Waals surface area contributed by atoms with Crippen LogP contribution in [0.4, 0.5) is 26.3 Å². The van der Waals surface area contributed by atoms with Gasteiger partial charge in [-0.3, -0.25) is 14.2 Å². The van der Waals surface area contributed by atoms with Crippen LogP contribution in [-0.2, 0) is 25.4 Å². The Kier molecular flexibility index (Phi) is 7.28. The van der Waals surface area contributed by atoms with E-state index in [-0.39, 0.29) is 52.8 Å². The molecule has 0 radical (unpaired) electrons. The number of alkyl halides is 6. The topological polar surface area (TPSA) is 69.2 Å². The van der Waals surface area contributed by atoms with Crippen molar-refractivity contribution in [2.45, 2.75) is 45.7 Å². The number of hydrogen-bond acceptors (Lipinski definition) is 3. The molecule has 0 unspecified atom stereocenters. The summed E-state index contributed by atoms with van der Waals surface area (Å²) in [4.78, 5) is 29.1. The summed E-state index contributed by atoms with van der Waals surface area (Å²) in [6.07, 6.45) is -8.57. The van der Waals surface area contributed by atoms with Gasteiger partial charge in [0, 0.05) is 31.3 Å². The lowest BCUT2D eigenvalue weighted by molar-refractivity contribution is -0.577. The first kappa shape index (κ1) is 29.2.